The van der Waals surface area contributed by atoms with Crippen LogP contribution in [0, 0.1) is 0 Å². The van der Waals surface area contributed by atoms with Crippen LogP contribution in [0.4, 0.5) is 0 Å². The van der Waals surface area contributed by atoms with Gasteiger partial charge >= 0.3 is 17.9 Å². The molecule has 0 saturated carbocycles. The molecule has 0 rings (SSSR count). The molecule has 0 aromatic heterocycles. The maximum absolute atomic E-state index is 12.6. The van der Waals surface area contributed by atoms with Crippen LogP contribution in [0.15, 0.2) is 24.3 Å². The van der Waals surface area contributed by atoms with Crippen LogP contribution in [-0.2, 0) is 28.6 Å². The van der Waals surface area contributed by atoms with Gasteiger partial charge < -0.3 is 23.8 Å². The Labute approximate surface area is 326 Å². The first-order chi connectivity index (χ1) is 25.6. The van der Waals surface area contributed by atoms with E-state index in [4.69, 9.17) is 14.2 Å². The van der Waals surface area contributed by atoms with Crippen molar-refractivity contribution in [1.82, 2.24) is 0 Å². The third-order valence-electron chi connectivity index (χ3n) is 9.85. The minimum Gasteiger partial charge on any atom is -0.477 e. The quantitative estimate of drug-likeness (QED) is 0.0289. The summed E-state index contributed by atoms with van der Waals surface area (Å²) in [6, 6.07) is -0.611. The summed E-state index contributed by atoms with van der Waals surface area (Å²) < 4.78 is 17.2. The van der Waals surface area contributed by atoms with Crippen molar-refractivity contribution in [1.29, 1.82) is 0 Å². The van der Waals surface area contributed by atoms with E-state index in [2.05, 4.69) is 38.2 Å². The molecular weight excluding hydrogens is 666 g/mol. The second kappa shape index (κ2) is 36.8. The minimum absolute atomic E-state index is 0.0523. The van der Waals surface area contributed by atoms with Crippen LogP contribution >= 0.6 is 0 Å². The molecule has 0 heterocycles. The zero-order valence-corrected chi connectivity index (χ0v) is 35.2. The van der Waals surface area contributed by atoms with Gasteiger partial charge in [0.1, 0.15) is 6.61 Å². The van der Waals surface area contributed by atoms with Crippen LogP contribution in [0.3, 0.4) is 0 Å². The lowest BCUT2D eigenvalue weighted by Gasteiger charge is -2.31. The number of aliphatic carboxylic acids is 1. The third kappa shape index (κ3) is 35.3. The van der Waals surface area contributed by atoms with Gasteiger partial charge in [-0.2, -0.15) is 0 Å². The van der Waals surface area contributed by atoms with Gasteiger partial charge in [-0.1, -0.05) is 154 Å². The van der Waals surface area contributed by atoms with E-state index in [-0.39, 0.29) is 36.2 Å². The molecule has 0 saturated heterocycles. The first-order valence-electron chi connectivity index (χ1n) is 21.9. The number of carbonyl (C=O) groups is 3. The normalized spacial score (nSPS) is 13.2. The number of allylic oxidation sites excluding steroid dienone is 4. The molecule has 0 bridgehead atoms. The molecule has 0 aliphatic heterocycles. The van der Waals surface area contributed by atoms with E-state index in [1.54, 1.807) is 0 Å². The molecule has 2 unspecified atom stereocenters. The monoisotopic (exact) mass is 751 g/mol. The van der Waals surface area contributed by atoms with Crippen LogP contribution in [0.5, 0.6) is 0 Å². The third-order valence-corrected chi connectivity index (χ3v) is 9.85. The average molecular weight is 751 g/mol. The van der Waals surface area contributed by atoms with Crippen molar-refractivity contribution in [3.8, 4) is 0 Å². The fourth-order valence-corrected chi connectivity index (χ4v) is 6.42. The lowest BCUT2D eigenvalue weighted by Crippen LogP contribution is -2.50. The number of esters is 2. The number of nitrogens with zero attached hydrogens (tertiary/aromatic N) is 1. The zero-order valence-electron chi connectivity index (χ0n) is 35.2. The Morgan fingerprint density at radius 2 is 1.00 bits per heavy atom. The number of rotatable bonds is 39. The summed E-state index contributed by atoms with van der Waals surface area (Å²) in [6.07, 6.45) is 39.6. The molecule has 0 aromatic carbocycles. The maximum atomic E-state index is 12.6. The molecule has 0 fully saturated rings. The summed E-state index contributed by atoms with van der Waals surface area (Å²) in [6.45, 7) is 4.69. The van der Waals surface area contributed by atoms with Crippen molar-refractivity contribution in [3.63, 3.8) is 0 Å². The van der Waals surface area contributed by atoms with Gasteiger partial charge in [0.25, 0.3) is 0 Å². The van der Waals surface area contributed by atoms with E-state index >= 15 is 0 Å². The van der Waals surface area contributed by atoms with Gasteiger partial charge in [0, 0.05) is 19.3 Å². The molecule has 0 aromatic rings. The van der Waals surface area contributed by atoms with Gasteiger partial charge in [-0.25, -0.2) is 4.79 Å². The van der Waals surface area contributed by atoms with Gasteiger partial charge in [0.15, 0.2) is 12.1 Å². The molecule has 0 spiro atoms. The van der Waals surface area contributed by atoms with Gasteiger partial charge in [0.2, 0.25) is 0 Å². The van der Waals surface area contributed by atoms with E-state index in [1.807, 2.05) is 21.1 Å². The molecule has 0 aliphatic rings. The summed E-state index contributed by atoms with van der Waals surface area (Å²) in [7, 11) is 5.52. The minimum atomic E-state index is -0.876. The van der Waals surface area contributed by atoms with Crippen LogP contribution < -0.4 is 0 Å². The van der Waals surface area contributed by atoms with E-state index in [9.17, 15) is 19.5 Å². The first-order valence-corrected chi connectivity index (χ1v) is 21.9. The van der Waals surface area contributed by atoms with E-state index in [0.29, 0.717) is 19.3 Å². The summed E-state index contributed by atoms with van der Waals surface area (Å²) in [5.74, 6) is -1.48. The summed E-state index contributed by atoms with van der Waals surface area (Å²) >= 11 is 0. The fourth-order valence-electron chi connectivity index (χ4n) is 6.42. The van der Waals surface area contributed by atoms with Crippen LogP contribution in [-0.4, -0.2) is 80.6 Å². The molecule has 1 N–H and O–H groups in total. The Bertz CT molecular complexity index is 926. The van der Waals surface area contributed by atoms with Crippen LogP contribution in [0.25, 0.3) is 0 Å². The average Bonchev–Trinajstić information content (AvgIpc) is 3.11. The smallest absolute Gasteiger partial charge is 0.362 e. The van der Waals surface area contributed by atoms with Crippen molar-refractivity contribution >= 4 is 17.9 Å². The number of carbonyl (C=O) groups excluding carboxylic acids is 2. The molecule has 8 heteroatoms. The van der Waals surface area contributed by atoms with E-state index in [0.717, 1.165) is 51.4 Å². The number of hydrogen-bond donors (Lipinski definition) is 1. The number of likely N-dealkylation sites (N-methyl/N-ethyl adjacent to an activating group) is 1. The first kappa shape index (κ1) is 50.8. The predicted molar refractivity (Wildman–Crippen MR) is 220 cm³/mol. The van der Waals surface area contributed by atoms with Crippen molar-refractivity contribution in [2.45, 2.75) is 206 Å². The fraction of sp³-hybridized carbons (Fsp3) is 0.844. The lowest BCUT2D eigenvalue weighted by molar-refractivity contribution is -0.887. The largest absolute Gasteiger partial charge is 0.477 e. The predicted octanol–water partition coefficient (Wildman–Crippen LogP) is 11.7. The van der Waals surface area contributed by atoms with E-state index < -0.39 is 18.1 Å². The number of quaternary nitrogens is 1. The topological polar surface area (TPSA) is 99.1 Å². The Kier molecular flexibility index (Phi) is 35.2. The summed E-state index contributed by atoms with van der Waals surface area (Å²) in [5.41, 5.74) is 0. The highest BCUT2D eigenvalue weighted by Crippen LogP contribution is 2.14. The molecule has 0 aliphatic carbocycles. The maximum Gasteiger partial charge on any atom is 0.362 e. The van der Waals surface area contributed by atoms with Crippen LogP contribution in [0.1, 0.15) is 194 Å². The van der Waals surface area contributed by atoms with Gasteiger partial charge in [-0.15, -0.1) is 0 Å². The molecule has 2 atom stereocenters. The summed E-state index contributed by atoms with van der Waals surface area (Å²) in [4.78, 5) is 36.7. The Morgan fingerprint density at radius 1 is 0.566 bits per heavy atom. The lowest BCUT2D eigenvalue weighted by atomic mass is 10.1. The van der Waals surface area contributed by atoms with Gasteiger partial charge in [-0.3, -0.25) is 9.59 Å². The Hall–Kier alpha value is -2.19. The second-order valence-corrected chi connectivity index (χ2v) is 16.0. The number of ether oxygens (including phenoxy) is 3. The number of unbranched alkanes of at least 4 members (excludes halogenated alkanes) is 21. The van der Waals surface area contributed by atoms with Crippen molar-refractivity contribution < 1.29 is 38.2 Å². The molecular formula is C45H84NO7+. The molecule has 0 radical (unpaired) electrons. The highest BCUT2D eigenvalue weighted by atomic mass is 16.6. The highest BCUT2D eigenvalue weighted by molar-refractivity contribution is 5.72. The van der Waals surface area contributed by atoms with Gasteiger partial charge in [-0.05, 0) is 44.9 Å². The number of hydrogen-bond acceptors (Lipinski definition) is 6. The molecule has 8 nitrogen and oxygen atoms in total. The zero-order chi connectivity index (χ0) is 39.3. The van der Waals surface area contributed by atoms with E-state index in [1.165, 1.54) is 109 Å². The van der Waals surface area contributed by atoms with Gasteiger partial charge in [0.05, 0.1) is 34.4 Å². The Balaban J connectivity index is 4.15. The van der Waals surface area contributed by atoms with Crippen molar-refractivity contribution in [2.24, 2.45) is 0 Å². The molecule has 0 amide bonds. The van der Waals surface area contributed by atoms with Crippen molar-refractivity contribution in [3.05, 3.63) is 24.3 Å². The second-order valence-electron chi connectivity index (χ2n) is 16.0. The number of carboxylic acid groups (broad SMARTS) is 1. The Morgan fingerprint density at radius 3 is 1.45 bits per heavy atom. The summed E-state index contributed by atoms with van der Waals surface area (Å²) in [5, 5.41) is 9.58. The number of carboxylic acids is 1. The van der Waals surface area contributed by atoms with Crippen molar-refractivity contribution in [2.75, 3.05) is 41.0 Å². The van der Waals surface area contributed by atoms with Crippen LogP contribution in [0.2, 0.25) is 0 Å². The highest BCUT2D eigenvalue weighted by Gasteiger charge is 2.31. The standard InChI is InChI=1S/C45H83NO7/c1-6-8-10-12-14-15-16-17-18-19-20-21-22-23-24-25-26-27-28-30-31-33-35-43(47)52-40-41(39-51-38-37-42(45(49)50)46(3,4)5)53-44(48)36-34-32-29-13-11-9-7-2/h19-20,22-23,41-42H,6-18,21,24-40H2,1-5H3/p+1/b20-19+,23-22+. The SMILES string of the molecule is CCCCCCCCCC/C=C/C/C=C/CCCCCCCCCC(=O)OCC(COCCC(C(=O)O)[N+](C)(C)C)OC(=O)CCCCCCCCC. The molecule has 310 valence electrons. The molecule has 53 heavy (non-hydrogen) atoms.